The molecule has 2 aliphatic rings. The van der Waals surface area contributed by atoms with Gasteiger partial charge in [-0.1, -0.05) is 19.1 Å². The van der Waals surface area contributed by atoms with Crippen LogP contribution in [0.4, 0.5) is 11.4 Å². The number of hydrogen-bond acceptors (Lipinski definition) is 4. The molecule has 170 valence electrons. The van der Waals surface area contributed by atoms with Gasteiger partial charge >= 0.3 is 0 Å². The van der Waals surface area contributed by atoms with Crippen LogP contribution in [0.2, 0.25) is 0 Å². The lowest BCUT2D eigenvalue weighted by molar-refractivity contribution is -0.120. The number of amides is 2. The molecular weight excluding hydrogens is 426 g/mol. The van der Waals surface area contributed by atoms with Crippen molar-refractivity contribution in [2.24, 2.45) is 5.92 Å². The first-order valence-corrected chi connectivity index (χ1v) is 12.6. The van der Waals surface area contributed by atoms with E-state index in [2.05, 4.69) is 10.0 Å². The number of benzene rings is 2. The summed E-state index contributed by atoms with van der Waals surface area (Å²) < 4.78 is 28.0. The van der Waals surface area contributed by atoms with Crippen molar-refractivity contribution in [2.45, 2.75) is 56.9 Å². The molecule has 0 radical (unpaired) electrons. The predicted molar refractivity (Wildman–Crippen MR) is 124 cm³/mol. The van der Waals surface area contributed by atoms with Crippen molar-refractivity contribution < 1.29 is 18.0 Å². The number of sulfonamides is 1. The summed E-state index contributed by atoms with van der Waals surface area (Å²) in [6.07, 6.45) is 3.41. The van der Waals surface area contributed by atoms with Crippen molar-refractivity contribution in [3.63, 3.8) is 0 Å². The second kappa shape index (κ2) is 9.03. The van der Waals surface area contributed by atoms with Gasteiger partial charge < -0.3 is 10.2 Å². The van der Waals surface area contributed by atoms with Gasteiger partial charge in [0.1, 0.15) is 0 Å². The minimum absolute atomic E-state index is 0.00140. The molecular formula is C24H29N3O4S. The standard InChI is InChI=1S/C24H29N3O4S/c1-3-17-5-4-6-20(14-17)26-23(28)11-12-25-32(30,31)21-9-10-22-19(15-21)13-16(2)27(22)24(29)18-7-8-18/h4-6,9-10,14-16,18,25H,3,7-8,11-13H2,1-2H3,(H,26,28)/t16-/m1/s1. The average Bonchev–Trinajstić information content (AvgIpc) is 3.55. The van der Waals surface area contributed by atoms with Crippen LogP contribution in [-0.4, -0.2) is 32.8 Å². The fourth-order valence-corrected chi connectivity index (χ4v) is 5.19. The third-order valence-corrected chi connectivity index (χ3v) is 7.46. The minimum Gasteiger partial charge on any atom is -0.326 e. The molecule has 2 N–H and O–H groups in total. The van der Waals surface area contributed by atoms with E-state index in [9.17, 15) is 18.0 Å². The van der Waals surface area contributed by atoms with E-state index in [-0.39, 0.29) is 41.6 Å². The van der Waals surface area contributed by atoms with Crippen molar-refractivity contribution in [2.75, 3.05) is 16.8 Å². The zero-order chi connectivity index (χ0) is 22.9. The predicted octanol–water partition coefficient (Wildman–Crippen LogP) is 3.24. The van der Waals surface area contributed by atoms with E-state index in [1.165, 1.54) is 6.07 Å². The highest BCUT2D eigenvalue weighted by Crippen LogP contribution is 2.39. The fourth-order valence-electron chi connectivity index (χ4n) is 4.11. The molecule has 1 heterocycles. The molecule has 1 saturated carbocycles. The lowest BCUT2D eigenvalue weighted by atomic mass is 10.1. The Morgan fingerprint density at radius 3 is 2.62 bits per heavy atom. The number of aryl methyl sites for hydroxylation is 1. The number of anilines is 2. The lowest BCUT2D eigenvalue weighted by Gasteiger charge is -2.22. The summed E-state index contributed by atoms with van der Waals surface area (Å²) in [5.41, 5.74) is 3.49. The van der Waals surface area contributed by atoms with Crippen LogP contribution in [0.5, 0.6) is 0 Å². The molecule has 2 aromatic rings. The normalized spacial score (nSPS) is 17.8. The van der Waals surface area contributed by atoms with Crippen LogP contribution < -0.4 is 14.9 Å². The second-order valence-corrected chi connectivity index (χ2v) is 10.3. The molecule has 4 rings (SSSR count). The maximum Gasteiger partial charge on any atom is 0.240 e. The first-order valence-electron chi connectivity index (χ1n) is 11.1. The van der Waals surface area contributed by atoms with Crippen molar-refractivity contribution in [1.82, 2.24) is 4.72 Å². The molecule has 0 bridgehead atoms. The topological polar surface area (TPSA) is 95.6 Å². The quantitative estimate of drug-likeness (QED) is 0.639. The summed E-state index contributed by atoms with van der Waals surface area (Å²) in [6, 6.07) is 12.5. The second-order valence-electron chi connectivity index (χ2n) is 8.58. The molecule has 1 atom stereocenters. The van der Waals surface area contributed by atoms with Crippen molar-refractivity contribution >= 4 is 33.2 Å². The third-order valence-electron chi connectivity index (χ3n) is 6.00. The molecule has 2 amide bonds. The smallest absolute Gasteiger partial charge is 0.240 e. The van der Waals surface area contributed by atoms with Crippen LogP contribution in [0.1, 0.15) is 44.2 Å². The zero-order valence-corrected chi connectivity index (χ0v) is 19.2. The number of rotatable bonds is 8. The molecule has 1 fully saturated rings. The molecule has 8 heteroatoms. The Kier molecular flexibility index (Phi) is 6.35. The molecule has 1 aliphatic heterocycles. The molecule has 0 saturated heterocycles. The molecule has 1 aliphatic carbocycles. The van der Waals surface area contributed by atoms with Gasteiger partial charge in [0, 0.05) is 36.3 Å². The van der Waals surface area contributed by atoms with Gasteiger partial charge in [0.2, 0.25) is 21.8 Å². The summed E-state index contributed by atoms with van der Waals surface area (Å²) in [5, 5.41) is 2.80. The maximum absolute atomic E-state index is 12.7. The Bertz CT molecular complexity index is 1140. The van der Waals surface area contributed by atoms with Gasteiger partial charge in [-0.3, -0.25) is 9.59 Å². The van der Waals surface area contributed by atoms with E-state index in [1.807, 2.05) is 43.0 Å². The van der Waals surface area contributed by atoms with Gasteiger partial charge in [-0.25, -0.2) is 13.1 Å². The number of carbonyl (C=O) groups is 2. The first-order chi connectivity index (χ1) is 15.3. The van der Waals surface area contributed by atoms with Gasteiger partial charge in [0.05, 0.1) is 4.90 Å². The summed E-state index contributed by atoms with van der Waals surface area (Å²) in [4.78, 5) is 26.8. The lowest BCUT2D eigenvalue weighted by Crippen LogP contribution is -2.36. The Hall–Kier alpha value is -2.71. The number of fused-ring (bicyclic) bond motifs is 1. The monoisotopic (exact) mass is 455 g/mol. The van der Waals surface area contributed by atoms with Crippen LogP contribution >= 0.6 is 0 Å². The van der Waals surface area contributed by atoms with E-state index in [0.717, 1.165) is 36.1 Å². The third kappa shape index (κ3) is 4.86. The maximum atomic E-state index is 12.7. The first kappa shape index (κ1) is 22.5. The Morgan fingerprint density at radius 2 is 1.91 bits per heavy atom. The van der Waals surface area contributed by atoms with Crippen molar-refractivity contribution in [3.05, 3.63) is 53.6 Å². The molecule has 7 nitrogen and oxygen atoms in total. The van der Waals surface area contributed by atoms with Gasteiger partial charge in [0.15, 0.2) is 0 Å². The molecule has 0 spiro atoms. The highest BCUT2D eigenvalue weighted by molar-refractivity contribution is 7.89. The zero-order valence-electron chi connectivity index (χ0n) is 18.4. The van der Waals surface area contributed by atoms with Gasteiger partial charge in [-0.2, -0.15) is 0 Å². The molecule has 0 unspecified atom stereocenters. The molecule has 0 aromatic heterocycles. The van der Waals surface area contributed by atoms with E-state index < -0.39 is 10.0 Å². The average molecular weight is 456 g/mol. The summed E-state index contributed by atoms with van der Waals surface area (Å²) in [5.74, 6) is 0.00231. The Balaban J connectivity index is 1.36. The van der Waals surface area contributed by atoms with E-state index in [0.29, 0.717) is 12.1 Å². The highest BCUT2D eigenvalue weighted by Gasteiger charge is 2.39. The number of carbonyl (C=O) groups excluding carboxylic acids is 2. The van der Waals surface area contributed by atoms with Crippen LogP contribution in [0.15, 0.2) is 47.4 Å². The van der Waals surface area contributed by atoms with Gasteiger partial charge in [-0.05, 0) is 74.1 Å². The number of nitrogens with one attached hydrogen (secondary N) is 2. The van der Waals surface area contributed by atoms with E-state index >= 15 is 0 Å². The highest BCUT2D eigenvalue weighted by atomic mass is 32.2. The minimum atomic E-state index is -3.75. The van der Waals surface area contributed by atoms with Crippen molar-refractivity contribution in [3.8, 4) is 0 Å². The number of nitrogens with zero attached hydrogens (tertiary/aromatic N) is 1. The van der Waals surface area contributed by atoms with Gasteiger partial charge in [0.25, 0.3) is 0 Å². The summed E-state index contributed by atoms with van der Waals surface area (Å²) in [6.45, 7) is 4.03. The Labute approximate surface area is 189 Å². The summed E-state index contributed by atoms with van der Waals surface area (Å²) in [7, 11) is -3.75. The molecule has 32 heavy (non-hydrogen) atoms. The SMILES string of the molecule is CCc1cccc(NC(=O)CCNS(=O)(=O)c2ccc3c(c2)C[C@@H](C)N3C(=O)C2CC2)c1. The van der Waals surface area contributed by atoms with Crippen molar-refractivity contribution in [1.29, 1.82) is 0 Å². The summed E-state index contributed by atoms with van der Waals surface area (Å²) >= 11 is 0. The van der Waals surface area contributed by atoms with Crippen LogP contribution in [0.3, 0.4) is 0 Å². The largest absolute Gasteiger partial charge is 0.326 e. The van der Waals surface area contributed by atoms with Crippen LogP contribution in [-0.2, 0) is 32.5 Å². The van der Waals surface area contributed by atoms with Gasteiger partial charge in [-0.15, -0.1) is 0 Å². The Morgan fingerprint density at radius 1 is 1.12 bits per heavy atom. The fraction of sp³-hybridized carbons (Fsp3) is 0.417. The number of hydrogen-bond donors (Lipinski definition) is 2. The van der Waals surface area contributed by atoms with E-state index in [1.54, 1.807) is 12.1 Å². The van der Waals surface area contributed by atoms with Crippen LogP contribution in [0, 0.1) is 5.92 Å². The van der Waals surface area contributed by atoms with E-state index in [4.69, 9.17) is 0 Å². The van der Waals surface area contributed by atoms with Crippen LogP contribution in [0.25, 0.3) is 0 Å². The molecule has 2 aromatic carbocycles.